The Morgan fingerprint density at radius 1 is 0.762 bits per heavy atom. The Kier molecular flexibility index (Phi) is 13.7. The second-order valence-corrected chi connectivity index (χ2v) is 16.1. The standard InChI is InChI=1S/C49H54N2O12/c1-31-41-28-40(60-30-36-12-8-6-9-13-36)22-23-42(41)51(29-35-14-18-38(19-15-35)59-27-26-50-24-10-7-11-25-50)43(31)37-16-20-39(21-17-37)62-47-49(57,33(3)53)48(56,32(2)52)45(61-34(4)54)44(63-47)46(55)58-5/h6,8-9,12-23,28,44-45,47,56-57H,7,10-11,24-27,29-30H2,1-5H3/t44-,45+,47+,48-,49-/m0/s1. The van der Waals surface area contributed by atoms with Crippen LogP contribution in [0.2, 0.25) is 0 Å². The average Bonchev–Trinajstić information content (AvgIpc) is 3.55. The number of benzene rings is 4. The number of piperidine rings is 1. The zero-order valence-corrected chi connectivity index (χ0v) is 36.2. The predicted octanol–water partition coefficient (Wildman–Crippen LogP) is 5.96. The van der Waals surface area contributed by atoms with Gasteiger partial charge in [0.15, 0.2) is 23.8 Å². The number of aliphatic hydroxyl groups is 2. The number of ketones is 2. The number of methoxy groups -OCH3 is 1. The lowest BCUT2D eigenvalue weighted by atomic mass is 9.69. The highest BCUT2D eigenvalue weighted by molar-refractivity contribution is 6.00. The van der Waals surface area contributed by atoms with Crippen LogP contribution in [0.1, 0.15) is 56.7 Å². The topological polar surface area (TPSA) is 172 Å². The van der Waals surface area contributed by atoms with Crippen molar-refractivity contribution in [2.24, 2.45) is 0 Å². The molecule has 332 valence electrons. The first-order valence-corrected chi connectivity index (χ1v) is 21.1. The number of hydrogen-bond donors (Lipinski definition) is 2. The molecule has 2 aliphatic rings. The van der Waals surface area contributed by atoms with Gasteiger partial charge in [-0.2, -0.15) is 0 Å². The summed E-state index contributed by atoms with van der Waals surface area (Å²) in [5, 5.41) is 24.8. The van der Waals surface area contributed by atoms with Gasteiger partial charge in [-0.15, -0.1) is 0 Å². The number of ether oxygens (including phenoxy) is 6. The van der Waals surface area contributed by atoms with Gasteiger partial charge >= 0.3 is 11.9 Å². The Hall–Kier alpha value is -6.06. The van der Waals surface area contributed by atoms with E-state index in [1.54, 1.807) is 24.3 Å². The highest BCUT2D eigenvalue weighted by atomic mass is 16.7. The van der Waals surface area contributed by atoms with E-state index in [2.05, 4.69) is 21.6 Å². The molecule has 0 amide bonds. The Morgan fingerprint density at radius 3 is 2.05 bits per heavy atom. The molecule has 0 bridgehead atoms. The van der Waals surface area contributed by atoms with Crippen molar-refractivity contribution in [1.29, 1.82) is 0 Å². The summed E-state index contributed by atoms with van der Waals surface area (Å²) in [5.41, 5.74) is -0.590. The molecule has 14 nitrogen and oxygen atoms in total. The van der Waals surface area contributed by atoms with Crippen LogP contribution in [0.25, 0.3) is 22.2 Å². The first-order chi connectivity index (χ1) is 30.2. The molecule has 2 saturated heterocycles. The molecular formula is C49H54N2O12. The van der Waals surface area contributed by atoms with Crippen molar-refractivity contribution in [1.82, 2.24) is 9.47 Å². The maximum atomic E-state index is 13.2. The van der Waals surface area contributed by atoms with Gasteiger partial charge in [0.25, 0.3) is 0 Å². The molecule has 0 spiro atoms. The first kappa shape index (κ1) is 45.0. The van der Waals surface area contributed by atoms with Crippen molar-refractivity contribution >= 4 is 34.4 Å². The number of likely N-dealkylation sites (tertiary alicyclic amines) is 1. The number of hydrogen-bond acceptors (Lipinski definition) is 13. The van der Waals surface area contributed by atoms with E-state index >= 15 is 0 Å². The first-order valence-electron chi connectivity index (χ1n) is 21.1. The fraction of sp³-hybridized carbons (Fsp3) is 0.388. The number of carbonyl (C=O) groups excluding carboxylic acids is 4. The second kappa shape index (κ2) is 19.1. The van der Waals surface area contributed by atoms with Crippen molar-refractivity contribution in [2.45, 2.75) is 89.8 Å². The molecule has 2 N–H and O–H groups in total. The van der Waals surface area contributed by atoms with Crippen molar-refractivity contribution in [3.8, 4) is 28.5 Å². The van der Waals surface area contributed by atoms with E-state index in [0.29, 0.717) is 25.5 Å². The molecule has 2 fully saturated rings. The Labute approximate surface area is 366 Å². The molecule has 3 heterocycles. The zero-order chi connectivity index (χ0) is 44.9. The zero-order valence-electron chi connectivity index (χ0n) is 36.2. The average molecular weight is 863 g/mol. The molecular weight excluding hydrogens is 809 g/mol. The van der Waals surface area contributed by atoms with E-state index < -0.39 is 53.2 Å². The van der Waals surface area contributed by atoms with Gasteiger partial charge in [0, 0.05) is 30.9 Å². The number of Topliss-reactive ketones (excluding diaryl/α,β-unsaturated/α-hetero) is 2. The van der Waals surface area contributed by atoms with E-state index in [1.165, 1.54) is 19.3 Å². The number of aromatic nitrogens is 1. The second-order valence-electron chi connectivity index (χ2n) is 16.1. The van der Waals surface area contributed by atoms with Gasteiger partial charge in [-0.1, -0.05) is 48.9 Å². The Balaban J connectivity index is 1.20. The van der Waals surface area contributed by atoms with Gasteiger partial charge < -0.3 is 43.2 Å². The molecule has 63 heavy (non-hydrogen) atoms. The summed E-state index contributed by atoms with van der Waals surface area (Å²) >= 11 is 0. The number of nitrogens with zero attached hydrogens (tertiary/aromatic N) is 2. The Bertz CT molecular complexity index is 2430. The minimum atomic E-state index is -3.18. The lowest BCUT2D eigenvalue weighted by Gasteiger charge is -2.52. The number of aryl methyl sites for hydroxylation is 1. The molecule has 0 aliphatic carbocycles. The number of rotatable bonds is 16. The van der Waals surface area contributed by atoms with Gasteiger partial charge in [0.05, 0.1) is 12.8 Å². The smallest absolute Gasteiger partial charge is 0.339 e. The van der Waals surface area contributed by atoms with Crippen molar-refractivity contribution < 1.29 is 57.8 Å². The van der Waals surface area contributed by atoms with Crippen LogP contribution in [0.4, 0.5) is 0 Å². The summed E-state index contributed by atoms with van der Waals surface area (Å²) in [6, 6.07) is 30.8. The van der Waals surface area contributed by atoms with Crippen molar-refractivity contribution in [2.75, 3.05) is 33.4 Å². The van der Waals surface area contributed by atoms with E-state index in [1.807, 2.05) is 67.6 Å². The van der Waals surface area contributed by atoms with Gasteiger partial charge in [-0.25, -0.2) is 4.79 Å². The molecule has 5 aromatic rings. The van der Waals surface area contributed by atoms with Crippen LogP contribution < -0.4 is 14.2 Å². The summed E-state index contributed by atoms with van der Waals surface area (Å²) in [7, 11) is 1.02. The highest BCUT2D eigenvalue weighted by Gasteiger charge is 2.74. The normalized spacial score (nSPS) is 22.6. The fourth-order valence-electron chi connectivity index (χ4n) is 8.59. The highest BCUT2D eigenvalue weighted by Crippen LogP contribution is 2.43. The van der Waals surface area contributed by atoms with Gasteiger partial charge in [-0.05, 0) is 124 Å². The third-order valence-corrected chi connectivity index (χ3v) is 12.0. The monoisotopic (exact) mass is 862 g/mol. The molecule has 0 unspecified atom stereocenters. The van der Waals surface area contributed by atoms with E-state index in [0.717, 1.165) is 92.1 Å². The SMILES string of the molecule is COC(=O)[C@H]1O[C@@H](Oc2ccc(-c3c(C)c4cc(OCc5ccccc5)ccc4n3Cc3ccc(OCCN4CCCCC4)cc3)cc2)[C@@](O)(C(C)=O)[C@](O)(C(C)=O)[C@@H]1OC(C)=O. The molecule has 0 radical (unpaired) electrons. The number of carbonyl (C=O) groups is 4. The van der Waals surface area contributed by atoms with Gasteiger partial charge in [-0.3, -0.25) is 19.3 Å². The van der Waals surface area contributed by atoms with Crippen LogP contribution in [0.5, 0.6) is 17.2 Å². The lowest BCUT2D eigenvalue weighted by Crippen LogP contribution is -2.81. The van der Waals surface area contributed by atoms with Crippen LogP contribution in [-0.4, -0.2) is 106 Å². The maximum Gasteiger partial charge on any atom is 0.339 e. The van der Waals surface area contributed by atoms with E-state index in [4.69, 9.17) is 28.4 Å². The predicted molar refractivity (Wildman–Crippen MR) is 232 cm³/mol. The molecule has 2 aliphatic heterocycles. The largest absolute Gasteiger partial charge is 0.492 e. The van der Waals surface area contributed by atoms with Crippen molar-refractivity contribution in [3.05, 3.63) is 114 Å². The van der Waals surface area contributed by atoms with Crippen LogP contribution in [0.3, 0.4) is 0 Å². The summed E-state index contributed by atoms with van der Waals surface area (Å²) < 4.78 is 36.3. The summed E-state index contributed by atoms with van der Waals surface area (Å²) in [4.78, 5) is 53.9. The van der Waals surface area contributed by atoms with Crippen LogP contribution in [0.15, 0.2) is 97.1 Å². The quantitative estimate of drug-likeness (QED) is 0.112. The molecule has 4 aromatic carbocycles. The Morgan fingerprint density at radius 2 is 1.41 bits per heavy atom. The van der Waals surface area contributed by atoms with Crippen LogP contribution in [-0.2, 0) is 46.5 Å². The van der Waals surface area contributed by atoms with Gasteiger partial charge in [0.2, 0.25) is 17.5 Å². The number of esters is 2. The summed E-state index contributed by atoms with van der Waals surface area (Å²) in [6.07, 6.45) is -2.49. The molecule has 0 saturated carbocycles. The van der Waals surface area contributed by atoms with Crippen LogP contribution in [0, 0.1) is 6.92 Å². The van der Waals surface area contributed by atoms with Crippen molar-refractivity contribution in [3.63, 3.8) is 0 Å². The minimum absolute atomic E-state index is 0.0525. The third kappa shape index (κ3) is 9.21. The number of fused-ring (bicyclic) bond motifs is 1. The maximum absolute atomic E-state index is 13.2. The van der Waals surface area contributed by atoms with Crippen LogP contribution >= 0.6 is 0 Å². The third-order valence-electron chi connectivity index (χ3n) is 12.0. The molecule has 7 rings (SSSR count). The van der Waals surface area contributed by atoms with E-state index in [-0.39, 0.29) is 5.75 Å². The van der Waals surface area contributed by atoms with E-state index in [9.17, 15) is 29.4 Å². The molecule has 5 atom stereocenters. The summed E-state index contributed by atoms with van der Waals surface area (Å²) in [6.45, 7) is 9.48. The fourth-order valence-corrected chi connectivity index (χ4v) is 8.59. The molecule has 14 heteroatoms. The minimum Gasteiger partial charge on any atom is -0.492 e. The van der Waals surface area contributed by atoms with Gasteiger partial charge in [0.1, 0.15) is 30.5 Å². The molecule has 1 aromatic heterocycles. The summed E-state index contributed by atoms with van der Waals surface area (Å²) in [5.74, 6) is -2.93. The lowest BCUT2D eigenvalue weighted by molar-refractivity contribution is -0.327.